The highest BCUT2D eigenvalue weighted by molar-refractivity contribution is 5.95. The maximum atomic E-state index is 12.8. The lowest BCUT2D eigenvalue weighted by Gasteiger charge is -2.24. The van der Waals surface area contributed by atoms with Gasteiger partial charge in [-0.15, -0.1) is 0 Å². The number of carbonyl (C=O) groups excluding carboxylic acids is 1. The van der Waals surface area contributed by atoms with Crippen molar-refractivity contribution in [2.75, 3.05) is 40.0 Å². The second-order valence-corrected chi connectivity index (χ2v) is 6.67. The summed E-state index contributed by atoms with van der Waals surface area (Å²) in [6.45, 7) is 5.00. The smallest absolute Gasteiger partial charge is 0.254 e. The third-order valence-electron chi connectivity index (χ3n) is 4.75. The van der Waals surface area contributed by atoms with Crippen LogP contribution in [0.3, 0.4) is 0 Å². The van der Waals surface area contributed by atoms with Crippen molar-refractivity contribution < 1.29 is 19.0 Å². The van der Waals surface area contributed by atoms with Gasteiger partial charge in [0, 0.05) is 25.2 Å². The Morgan fingerprint density at radius 1 is 1.07 bits per heavy atom. The molecule has 1 aliphatic rings. The highest BCUT2D eigenvalue weighted by Crippen LogP contribution is 2.29. The van der Waals surface area contributed by atoms with Crippen LogP contribution in [0.5, 0.6) is 17.2 Å². The van der Waals surface area contributed by atoms with Crippen molar-refractivity contribution in [3.63, 3.8) is 0 Å². The quantitative estimate of drug-likeness (QED) is 0.674. The molecular formula is C22H28N2O4. The third kappa shape index (κ3) is 5.16. The van der Waals surface area contributed by atoms with Gasteiger partial charge in [0.25, 0.3) is 5.91 Å². The Kier molecular flexibility index (Phi) is 7.14. The molecule has 1 N–H and O–H groups in total. The molecule has 1 fully saturated rings. The lowest BCUT2D eigenvalue weighted by Crippen LogP contribution is -2.38. The van der Waals surface area contributed by atoms with Gasteiger partial charge in [0.05, 0.1) is 6.61 Å². The number of rotatable bonds is 9. The molecule has 0 aromatic heterocycles. The summed E-state index contributed by atoms with van der Waals surface area (Å²) in [6.07, 6.45) is 0.975. The van der Waals surface area contributed by atoms with Gasteiger partial charge >= 0.3 is 0 Å². The first-order chi connectivity index (χ1) is 13.7. The number of para-hydroxylation sites is 1. The van der Waals surface area contributed by atoms with E-state index >= 15 is 0 Å². The lowest BCUT2D eigenvalue weighted by molar-refractivity contribution is 0.0743. The van der Waals surface area contributed by atoms with E-state index in [1.54, 1.807) is 23.1 Å². The summed E-state index contributed by atoms with van der Waals surface area (Å²) < 4.78 is 17.2. The summed E-state index contributed by atoms with van der Waals surface area (Å²) in [7, 11) is 1.85. The molecule has 1 saturated heterocycles. The molecule has 2 aromatic rings. The summed E-state index contributed by atoms with van der Waals surface area (Å²) >= 11 is 0. The Balaban J connectivity index is 1.60. The van der Waals surface area contributed by atoms with Crippen molar-refractivity contribution in [1.82, 2.24) is 10.2 Å². The molecule has 150 valence electrons. The maximum Gasteiger partial charge on any atom is 0.254 e. The Labute approximate surface area is 166 Å². The predicted octanol–water partition coefficient (Wildman–Crippen LogP) is 2.98. The fourth-order valence-electron chi connectivity index (χ4n) is 3.20. The molecular weight excluding hydrogens is 356 g/mol. The average molecular weight is 384 g/mol. The van der Waals surface area contributed by atoms with Gasteiger partial charge in [0.15, 0.2) is 11.5 Å². The van der Waals surface area contributed by atoms with Crippen molar-refractivity contribution in [3.8, 4) is 17.2 Å². The van der Waals surface area contributed by atoms with E-state index in [0.29, 0.717) is 36.9 Å². The van der Waals surface area contributed by atoms with E-state index in [2.05, 4.69) is 5.32 Å². The Bertz CT molecular complexity index is 760. The van der Waals surface area contributed by atoms with E-state index in [4.69, 9.17) is 14.2 Å². The van der Waals surface area contributed by atoms with Crippen LogP contribution in [0.15, 0.2) is 48.5 Å². The van der Waals surface area contributed by atoms with Crippen LogP contribution in [-0.2, 0) is 0 Å². The van der Waals surface area contributed by atoms with Gasteiger partial charge in [-0.3, -0.25) is 4.79 Å². The van der Waals surface area contributed by atoms with Gasteiger partial charge in [0.2, 0.25) is 0 Å². The number of nitrogens with one attached hydrogen (secondary N) is 1. The number of likely N-dealkylation sites (N-methyl/N-ethyl adjacent to an activating group) is 1. The van der Waals surface area contributed by atoms with Crippen molar-refractivity contribution in [2.45, 2.75) is 19.4 Å². The zero-order chi connectivity index (χ0) is 19.8. The van der Waals surface area contributed by atoms with Crippen LogP contribution in [0.2, 0.25) is 0 Å². The molecule has 3 rings (SSSR count). The zero-order valence-electron chi connectivity index (χ0n) is 16.5. The largest absolute Gasteiger partial charge is 0.490 e. The highest BCUT2D eigenvalue weighted by Gasteiger charge is 2.24. The zero-order valence-corrected chi connectivity index (χ0v) is 16.5. The van der Waals surface area contributed by atoms with Crippen molar-refractivity contribution in [2.24, 2.45) is 0 Å². The summed E-state index contributed by atoms with van der Waals surface area (Å²) in [5.41, 5.74) is 0.603. The van der Waals surface area contributed by atoms with Gasteiger partial charge in [-0.1, -0.05) is 18.2 Å². The molecule has 0 aliphatic carbocycles. The molecule has 1 unspecified atom stereocenters. The summed E-state index contributed by atoms with van der Waals surface area (Å²) in [4.78, 5) is 14.6. The van der Waals surface area contributed by atoms with Gasteiger partial charge < -0.3 is 24.4 Å². The first kappa shape index (κ1) is 20.0. The monoisotopic (exact) mass is 384 g/mol. The van der Waals surface area contributed by atoms with Crippen LogP contribution in [0.1, 0.15) is 23.7 Å². The molecule has 28 heavy (non-hydrogen) atoms. The lowest BCUT2D eigenvalue weighted by atomic mass is 10.1. The van der Waals surface area contributed by atoms with Crippen LogP contribution in [0.25, 0.3) is 0 Å². The second-order valence-electron chi connectivity index (χ2n) is 6.67. The van der Waals surface area contributed by atoms with E-state index in [0.717, 1.165) is 25.3 Å². The Hall–Kier alpha value is -2.73. The van der Waals surface area contributed by atoms with Crippen LogP contribution in [-0.4, -0.2) is 56.8 Å². The molecule has 0 bridgehead atoms. The summed E-state index contributed by atoms with van der Waals surface area (Å²) in [5.74, 6) is 1.99. The topological polar surface area (TPSA) is 60.0 Å². The van der Waals surface area contributed by atoms with Gasteiger partial charge in [-0.05, 0) is 50.2 Å². The Morgan fingerprint density at radius 3 is 2.57 bits per heavy atom. The standard InChI is InChI=1S/C22H28N2O4/c1-3-26-21-15-17(22(25)24(2)18-11-12-23-16-18)9-10-20(21)28-14-13-27-19-7-5-4-6-8-19/h4-10,15,18,23H,3,11-14,16H2,1-2H3. The van der Waals surface area contributed by atoms with E-state index in [1.165, 1.54) is 0 Å². The van der Waals surface area contributed by atoms with Gasteiger partial charge in [-0.2, -0.15) is 0 Å². The van der Waals surface area contributed by atoms with E-state index in [9.17, 15) is 4.79 Å². The van der Waals surface area contributed by atoms with Crippen LogP contribution in [0, 0.1) is 0 Å². The summed E-state index contributed by atoms with van der Waals surface area (Å²) in [5, 5.41) is 3.29. The molecule has 1 atom stereocenters. The van der Waals surface area contributed by atoms with Gasteiger partial charge in [-0.25, -0.2) is 0 Å². The van der Waals surface area contributed by atoms with Gasteiger partial charge in [0.1, 0.15) is 19.0 Å². The molecule has 1 aliphatic heterocycles. The molecule has 0 radical (unpaired) electrons. The van der Waals surface area contributed by atoms with Crippen molar-refractivity contribution in [1.29, 1.82) is 0 Å². The first-order valence-electron chi connectivity index (χ1n) is 9.74. The number of amides is 1. The van der Waals surface area contributed by atoms with Crippen LogP contribution < -0.4 is 19.5 Å². The molecule has 6 nitrogen and oxygen atoms in total. The minimum absolute atomic E-state index is 0.00591. The number of nitrogens with zero attached hydrogens (tertiary/aromatic N) is 1. The minimum Gasteiger partial charge on any atom is -0.490 e. The minimum atomic E-state index is -0.00591. The van der Waals surface area contributed by atoms with Crippen LogP contribution in [0.4, 0.5) is 0 Å². The fourth-order valence-corrected chi connectivity index (χ4v) is 3.20. The van der Waals surface area contributed by atoms with Crippen LogP contribution >= 0.6 is 0 Å². The molecule has 0 spiro atoms. The van der Waals surface area contributed by atoms with E-state index in [-0.39, 0.29) is 11.9 Å². The first-order valence-corrected chi connectivity index (χ1v) is 9.74. The second kappa shape index (κ2) is 9.99. The number of carbonyl (C=O) groups is 1. The molecule has 0 saturated carbocycles. The third-order valence-corrected chi connectivity index (χ3v) is 4.75. The van der Waals surface area contributed by atoms with E-state index < -0.39 is 0 Å². The number of hydrogen-bond acceptors (Lipinski definition) is 5. The molecule has 2 aromatic carbocycles. The molecule has 1 heterocycles. The number of benzene rings is 2. The van der Waals surface area contributed by atoms with Crippen molar-refractivity contribution in [3.05, 3.63) is 54.1 Å². The average Bonchev–Trinajstić information content (AvgIpc) is 3.27. The van der Waals surface area contributed by atoms with E-state index in [1.807, 2.05) is 44.3 Å². The normalized spacial score (nSPS) is 15.9. The molecule has 6 heteroatoms. The van der Waals surface area contributed by atoms with Crippen molar-refractivity contribution >= 4 is 5.91 Å². The maximum absolute atomic E-state index is 12.8. The molecule has 1 amide bonds. The number of hydrogen-bond donors (Lipinski definition) is 1. The highest BCUT2D eigenvalue weighted by atomic mass is 16.5. The Morgan fingerprint density at radius 2 is 1.86 bits per heavy atom. The number of ether oxygens (including phenoxy) is 3. The SMILES string of the molecule is CCOc1cc(C(=O)N(C)C2CCNC2)ccc1OCCOc1ccccc1. The predicted molar refractivity (Wildman–Crippen MR) is 108 cm³/mol. The fraction of sp³-hybridized carbons (Fsp3) is 0.409. The summed E-state index contributed by atoms with van der Waals surface area (Å²) in [6, 6.07) is 15.2.